The van der Waals surface area contributed by atoms with E-state index in [4.69, 9.17) is 4.74 Å². The summed E-state index contributed by atoms with van der Waals surface area (Å²) in [6, 6.07) is 2.00. The van der Waals surface area contributed by atoms with Crippen LogP contribution in [0.4, 0.5) is 5.82 Å². The van der Waals surface area contributed by atoms with E-state index in [1.807, 2.05) is 13.8 Å². The molecule has 6 heteroatoms. The first-order chi connectivity index (χ1) is 8.18. The van der Waals surface area contributed by atoms with Gasteiger partial charge in [-0.1, -0.05) is 0 Å². The Hall–Kier alpha value is -1.40. The lowest BCUT2D eigenvalue weighted by Crippen LogP contribution is -2.45. The minimum absolute atomic E-state index is 0.125. The van der Waals surface area contributed by atoms with Crippen molar-refractivity contribution in [2.24, 2.45) is 0 Å². The number of nitrogens with one attached hydrogen (secondary N) is 2. The van der Waals surface area contributed by atoms with Crippen LogP contribution in [0.15, 0.2) is 12.3 Å². The fraction of sp³-hybridized carbons (Fsp3) is 0.636. The molecule has 1 fully saturated rings. The topological polar surface area (TPSA) is 68.2 Å². The van der Waals surface area contributed by atoms with E-state index in [1.54, 1.807) is 16.9 Å². The molecular formula is C11H18N4O2. The zero-order valence-corrected chi connectivity index (χ0v) is 10.1. The Kier molecular flexibility index (Phi) is 3.75. The maximum atomic E-state index is 11.9. The van der Waals surface area contributed by atoms with Crippen molar-refractivity contribution >= 4 is 11.7 Å². The van der Waals surface area contributed by atoms with Crippen LogP contribution in [0, 0.1) is 0 Å². The van der Waals surface area contributed by atoms with Gasteiger partial charge in [-0.3, -0.25) is 4.79 Å². The number of aromatic nitrogens is 2. The average Bonchev–Trinajstić information content (AvgIpc) is 2.78. The molecule has 0 aliphatic carbocycles. The van der Waals surface area contributed by atoms with Gasteiger partial charge in [-0.15, -0.1) is 0 Å². The maximum Gasteiger partial charge on any atom is 0.255 e. The largest absolute Gasteiger partial charge is 0.366 e. The summed E-state index contributed by atoms with van der Waals surface area (Å²) in [6.45, 7) is 5.96. The number of nitrogens with zero attached hydrogens (tertiary/aromatic N) is 2. The lowest BCUT2D eigenvalue weighted by atomic mass is 10.3. The quantitative estimate of drug-likeness (QED) is 0.799. The number of carbonyl (C=O) groups is 1. The summed E-state index contributed by atoms with van der Waals surface area (Å²) in [5.74, 6) is 0.582. The molecule has 0 spiro atoms. The number of hydrogen-bond donors (Lipinski definition) is 2. The number of anilines is 1. The van der Waals surface area contributed by atoms with Gasteiger partial charge in [0, 0.05) is 25.2 Å². The zero-order chi connectivity index (χ0) is 12.3. The summed E-state index contributed by atoms with van der Waals surface area (Å²) in [4.78, 5) is 11.9. The minimum atomic E-state index is -0.417. The van der Waals surface area contributed by atoms with Gasteiger partial charge >= 0.3 is 0 Å². The molecule has 0 radical (unpaired) electrons. The van der Waals surface area contributed by atoms with Crippen molar-refractivity contribution in [3.63, 3.8) is 0 Å². The molecule has 0 saturated carbocycles. The van der Waals surface area contributed by atoms with Crippen LogP contribution in [0.5, 0.6) is 0 Å². The molecule has 1 amide bonds. The monoisotopic (exact) mass is 238 g/mol. The number of hydrogen-bond acceptors (Lipinski definition) is 4. The first-order valence-electron chi connectivity index (χ1n) is 5.85. The van der Waals surface area contributed by atoms with E-state index >= 15 is 0 Å². The van der Waals surface area contributed by atoms with Gasteiger partial charge in [-0.25, -0.2) is 4.68 Å². The molecule has 1 aromatic rings. The smallest absolute Gasteiger partial charge is 0.255 e. The highest BCUT2D eigenvalue weighted by atomic mass is 16.5. The van der Waals surface area contributed by atoms with Crippen LogP contribution in [0.1, 0.15) is 19.9 Å². The molecule has 2 N–H and O–H groups in total. The van der Waals surface area contributed by atoms with Crippen molar-refractivity contribution in [2.75, 3.05) is 25.0 Å². The normalized spacial score (nSPS) is 20.5. The van der Waals surface area contributed by atoms with Gasteiger partial charge in [-0.2, -0.15) is 5.10 Å². The number of rotatable bonds is 3. The summed E-state index contributed by atoms with van der Waals surface area (Å²) < 4.78 is 7.16. The zero-order valence-electron chi connectivity index (χ0n) is 10.1. The van der Waals surface area contributed by atoms with E-state index in [1.165, 1.54) is 0 Å². The molecular weight excluding hydrogens is 220 g/mol. The Morgan fingerprint density at radius 2 is 2.53 bits per heavy atom. The van der Waals surface area contributed by atoms with Gasteiger partial charge in [0.1, 0.15) is 11.9 Å². The summed E-state index contributed by atoms with van der Waals surface area (Å²) in [7, 11) is 0. The van der Waals surface area contributed by atoms with Crippen molar-refractivity contribution in [1.82, 2.24) is 15.1 Å². The summed E-state index contributed by atoms with van der Waals surface area (Å²) >= 11 is 0. The molecule has 1 aliphatic heterocycles. The third-order valence-electron chi connectivity index (χ3n) is 2.63. The van der Waals surface area contributed by atoms with Gasteiger partial charge in [0.25, 0.3) is 5.91 Å². The molecule has 94 valence electrons. The number of carbonyl (C=O) groups excluding carboxylic acids is 1. The van der Waals surface area contributed by atoms with Crippen LogP contribution in [0.2, 0.25) is 0 Å². The van der Waals surface area contributed by atoms with E-state index < -0.39 is 6.10 Å². The van der Waals surface area contributed by atoms with Gasteiger partial charge in [0.05, 0.1) is 12.8 Å². The molecule has 1 aromatic heterocycles. The van der Waals surface area contributed by atoms with Gasteiger partial charge in [0.15, 0.2) is 0 Å². The molecule has 0 bridgehead atoms. The minimum Gasteiger partial charge on any atom is -0.366 e. The molecule has 2 heterocycles. The summed E-state index contributed by atoms with van der Waals surface area (Å²) in [6.07, 6.45) is 1.26. The van der Waals surface area contributed by atoms with E-state index in [9.17, 15) is 4.79 Å². The van der Waals surface area contributed by atoms with Crippen molar-refractivity contribution in [3.8, 4) is 0 Å². The third-order valence-corrected chi connectivity index (χ3v) is 2.63. The van der Waals surface area contributed by atoms with Crippen LogP contribution >= 0.6 is 0 Å². The van der Waals surface area contributed by atoms with Crippen molar-refractivity contribution < 1.29 is 9.53 Å². The highest BCUT2D eigenvalue weighted by Crippen LogP contribution is 2.13. The lowest BCUT2D eigenvalue weighted by molar-refractivity contribution is -0.128. The number of ether oxygens (including phenoxy) is 1. The van der Waals surface area contributed by atoms with Crippen molar-refractivity contribution in [2.45, 2.75) is 26.0 Å². The highest BCUT2D eigenvalue weighted by Gasteiger charge is 2.22. The van der Waals surface area contributed by atoms with Crippen LogP contribution in [-0.4, -0.2) is 41.5 Å². The van der Waals surface area contributed by atoms with E-state index in [0.29, 0.717) is 19.0 Å². The summed E-state index contributed by atoms with van der Waals surface area (Å²) in [5.41, 5.74) is 0. The molecule has 0 aromatic carbocycles. The Balaban J connectivity index is 1.99. The SMILES string of the molecule is CC(C)n1nccc1NC(=O)C1CNCCO1. The molecule has 6 nitrogen and oxygen atoms in total. The molecule has 1 saturated heterocycles. The first kappa shape index (κ1) is 12.1. The third kappa shape index (κ3) is 2.83. The van der Waals surface area contributed by atoms with Crippen LogP contribution in [0.25, 0.3) is 0 Å². The van der Waals surface area contributed by atoms with E-state index in [2.05, 4.69) is 15.7 Å². The Morgan fingerprint density at radius 1 is 1.71 bits per heavy atom. The lowest BCUT2D eigenvalue weighted by Gasteiger charge is -2.23. The van der Waals surface area contributed by atoms with Gasteiger partial charge in [-0.05, 0) is 13.8 Å². The molecule has 1 unspecified atom stereocenters. The Morgan fingerprint density at radius 3 is 3.18 bits per heavy atom. The standard InChI is InChI=1S/C11H18N4O2/c1-8(2)15-10(3-4-13-15)14-11(16)9-7-12-5-6-17-9/h3-4,8-9,12H,5-7H2,1-2H3,(H,14,16). The number of amides is 1. The Bertz CT molecular complexity index is 383. The van der Waals surface area contributed by atoms with E-state index in [0.717, 1.165) is 6.54 Å². The molecule has 1 aliphatic rings. The van der Waals surface area contributed by atoms with Gasteiger partial charge in [0.2, 0.25) is 0 Å². The summed E-state index contributed by atoms with van der Waals surface area (Å²) in [5, 5.41) is 10.1. The predicted octanol–water partition coefficient (Wildman–Crippen LogP) is 0.391. The number of morpholine rings is 1. The molecule has 2 rings (SSSR count). The second kappa shape index (κ2) is 5.29. The van der Waals surface area contributed by atoms with Crippen molar-refractivity contribution in [1.29, 1.82) is 0 Å². The first-order valence-corrected chi connectivity index (χ1v) is 5.85. The fourth-order valence-electron chi connectivity index (χ4n) is 1.77. The molecule has 1 atom stereocenters. The average molecular weight is 238 g/mol. The second-order valence-electron chi connectivity index (χ2n) is 4.31. The van der Waals surface area contributed by atoms with Crippen LogP contribution in [-0.2, 0) is 9.53 Å². The predicted molar refractivity (Wildman–Crippen MR) is 63.9 cm³/mol. The second-order valence-corrected chi connectivity index (χ2v) is 4.31. The molecule has 17 heavy (non-hydrogen) atoms. The Labute approximate surface area is 100 Å². The highest BCUT2D eigenvalue weighted by molar-refractivity contribution is 5.93. The maximum absolute atomic E-state index is 11.9. The van der Waals surface area contributed by atoms with Gasteiger partial charge < -0.3 is 15.4 Å². The van der Waals surface area contributed by atoms with Crippen molar-refractivity contribution in [3.05, 3.63) is 12.3 Å². The van der Waals surface area contributed by atoms with Crippen LogP contribution in [0.3, 0.4) is 0 Å². The fourth-order valence-corrected chi connectivity index (χ4v) is 1.77. The van der Waals surface area contributed by atoms with E-state index in [-0.39, 0.29) is 11.9 Å². The van der Waals surface area contributed by atoms with Crippen LogP contribution < -0.4 is 10.6 Å².